The van der Waals surface area contributed by atoms with Gasteiger partial charge in [-0.3, -0.25) is 0 Å². The van der Waals surface area contributed by atoms with Gasteiger partial charge in [-0.05, 0) is 44.1 Å². The third-order valence-corrected chi connectivity index (χ3v) is 5.56. The maximum Gasteiger partial charge on any atom is 0.160 e. The smallest absolute Gasteiger partial charge is 0.160 e. The van der Waals surface area contributed by atoms with Gasteiger partial charge in [0.2, 0.25) is 0 Å². The van der Waals surface area contributed by atoms with Crippen molar-refractivity contribution in [3.05, 3.63) is 35.4 Å². The van der Waals surface area contributed by atoms with E-state index in [0.717, 1.165) is 25.2 Å². The van der Waals surface area contributed by atoms with E-state index >= 15 is 0 Å². The molecule has 1 heterocycles. The first kappa shape index (κ1) is 15.3. The van der Waals surface area contributed by atoms with Crippen LogP contribution in [0.2, 0.25) is 6.04 Å². The van der Waals surface area contributed by atoms with E-state index in [1.165, 1.54) is 36.8 Å². The molecule has 0 amide bonds. The molecule has 0 N–H and O–H groups in total. The standard InChI is InChI=1S/C18H25O2Si/c1-13-2-4-15(5-3-13)16-6-8-17(9-7-16)18-19-10-14(12-21)11-20-18/h2-5,14,16-18H,6-12H2,1H3. The monoisotopic (exact) mass is 301 g/mol. The molecule has 0 aromatic heterocycles. The Bertz CT molecular complexity index is 429. The van der Waals surface area contributed by atoms with Crippen LogP contribution in [0.1, 0.15) is 42.7 Å². The van der Waals surface area contributed by atoms with Crippen LogP contribution in [0.25, 0.3) is 0 Å². The van der Waals surface area contributed by atoms with Crippen molar-refractivity contribution >= 4 is 10.2 Å². The highest BCUT2D eigenvalue weighted by atomic mass is 28.1. The fourth-order valence-electron chi connectivity index (χ4n) is 3.51. The molecule has 3 rings (SSSR count). The lowest BCUT2D eigenvalue weighted by Gasteiger charge is -2.37. The van der Waals surface area contributed by atoms with E-state index in [0.29, 0.717) is 11.8 Å². The van der Waals surface area contributed by atoms with Crippen molar-refractivity contribution in [2.24, 2.45) is 11.8 Å². The first-order chi connectivity index (χ1) is 10.3. The minimum atomic E-state index is 0.0402. The second-order valence-electron chi connectivity index (χ2n) is 6.63. The van der Waals surface area contributed by atoms with Crippen LogP contribution in [0.4, 0.5) is 0 Å². The van der Waals surface area contributed by atoms with Crippen LogP contribution in [-0.2, 0) is 9.47 Å². The van der Waals surface area contributed by atoms with Crippen LogP contribution in [0.5, 0.6) is 0 Å². The molecular formula is C18H25O2Si. The van der Waals surface area contributed by atoms with E-state index in [1.54, 1.807) is 0 Å². The van der Waals surface area contributed by atoms with E-state index in [9.17, 15) is 0 Å². The molecule has 2 nitrogen and oxygen atoms in total. The Hall–Kier alpha value is -0.643. The Balaban J connectivity index is 1.50. The van der Waals surface area contributed by atoms with Crippen LogP contribution in [0.15, 0.2) is 24.3 Å². The molecule has 0 atom stereocenters. The lowest BCUT2D eigenvalue weighted by Crippen LogP contribution is -2.38. The summed E-state index contributed by atoms with van der Waals surface area (Å²) in [4.78, 5) is 0. The largest absolute Gasteiger partial charge is 0.352 e. The van der Waals surface area contributed by atoms with Crippen molar-refractivity contribution in [1.29, 1.82) is 0 Å². The maximum absolute atomic E-state index is 5.92. The van der Waals surface area contributed by atoms with E-state index in [-0.39, 0.29) is 6.29 Å². The minimum Gasteiger partial charge on any atom is -0.352 e. The maximum atomic E-state index is 5.92. The van der Waals surface area contributed by atoms with Crippen molar-refractivity contribution in [3.63, 3.8) is 0 Å². The average Bonchev–Trinajstić information content (AvgIpc) is 2.56. The first-order valence-electron chi connectivity index (χ1n) is 8.20. The highest BCUT2D eigenvalue weighted by Gasteiger charge is 2.32. The van der Waals surface area contributed by atoms with Gasteiger partial charge < -0.3 is 9.47 Å². The second-order valence-corrected chi connectivity index (χ2v) is 7.04. The Morgan fingerprint density at radius 2 is 1.62 bits per heavy atom. The minimum absolute atomic E-state index is 0.0402. The zero-order valence-corrected chi connectivity index (χ0v) is 13.9. The van der Waals surface area contributed by atoms with Gasteiger partial charge in [-0.25, -0.2) is 0 Å². The van der Waals surface area contributed by atoms with Gasteiger partial charge in [0.25, 0.3) is 0 Å². The molecular weight excluding hydrogens is 276 g/mol. The average molecular weight is 301 g/mol. The molecule has 0 spiro atoms. The molecule has 2 fully saturated rings. The molecule has 1 saturated carbocycles. The molecule has 1 aromatic rings. The normalized spacial score (nSPS) is 33.8. The summed E-state index contributed by atoms with van der Waals surface area (Å²) in [7, 11) is 3.55. The number of hydrogen-bond acceptors (Lipinski definition) is 2. The predicted molar refractivity (Wildman–Crippen MR) is 85.6 cm³/mol. The summed E-state index contributed by atoms with van der Waals surface area (Å²) in [6, 6.07) is 10.0. The predicted octanol–water partition coefficient (Wildman–Crippen LogP) is 3.84. The number of benzene rings is 1. The molecule has 3 radical (unpaired) electrons. The van der Waals surface area contributed by atoms with Gasteiger partial charge in [-0.2, -0.15) is 0 Å². The third-order valence-electron chi connectivity index (χ3n) is 4.99. The molecule has 3 heteroatoms. The Morgan fingerprint density at radius 3 is 2.19 bits per heavy atom. The van der Waals surface area contributed by atoms with Gasteiger partial charge in [0, 0.05) is 22.1 Å². The summed E-state index contributed by atoms with van der Waals surface area (Å²) in [5.41, 5.74) is 2.85. The van der Waals surface area contributed by atoms with Gasteiger partial charge in [-0.1, -0.05) is 35.9 Å². The van der Waals surface area contributed by atoms with Gasteiger partial charge >= 0.3 is 0 Å². The van der Waals surface area contributed by atoms with Crippen molar-refractivity contribution in [2.45, 2.75) is 50.9 Å². The van der Waals surface area contributed by atoms with Gasteiger partial charge in [0.05, 0.1) is 13.2 Å². The number of aryl methyl sites for hydroxylation is 1. The number of ether oxygens (including phenoxy) is 2. The zero-order chi connectivity index (χ0) is 14.7. The summed E-state index contributed by atoms with van der Waals surface area (Å²) >= 11 is 0. The van der Waals surface area contributed by atoms with Crippen molar-refractivity contribution in [3.8, 4) is 0 Å². The fraction of sp³-hybridized carbons (Fsp3) is 0.667. The quantitative estimate of drug-likeness (QED) is 0.790. The number of hydrogen-bond donors (Lipinski definition) is 0. The molecule has 0 unspecified atom stereocenters. The molecule has 1 aliphatic carbocycles. The van der Waals surface area contributed by atoms with Crippen LogP contribution in [0, 0.1) is 18.8 Å². The molecule has 113 valence electrons. The van der Waals surface area contributed by atoms with Crippen LogP contribution in [0.3, 0.4) is 0 Å². The molecule has 21 heavy (non-hydrogen) atoms. The lowest BCUT2D eigenvalue weighted by atomic mass is 9.78. The Morgan fingerprint density at radius 1 is 1.00 bits per heavy atom. The highest BCUT2D eigenvalue weighted by Crippen LogP contribution is 2.38. The van der Waals surface area contributed by atoms with Crippen molar-refractivity contribution in [2.75, 3.05) is 13.2 Å². The molecule has 0 bridgehead atoms. The van der Waals surface area contributed by atoms with Crippen LogP contribution < -0.4 is 0 Å². The Labute approximate surface area is 131 Å². The van der Waals surface area contributed by atoms with Gasteiger partial charge in [-0.15, -0.1) is 0 Å². The topological polar surface area (TPSA) is 18.5 Å². The van der Waals surface area contributed by atoms with E-state index < -0.39 is 0 Å². The van der Waals surface area contributed by atoms with E-state index in [4.69, 9.17) is 9.47 Å². The Kier molecular flexibility index (Phi) is 5.14. The molecule has 1 saturated heterocycles. The molecule has 1 aromatic carbocycles. The SMILES string of the molecule is Cc1ccc(C2CCC(C3OCC(C[Si])CO3)CC2)cc1. The second kappa shape index (κ2) is 7.08. The first-order valence-corrected chi connectivity index (χ1v) is 8.91. The van der Waals surface area contributed by atoms with E-state index in [2.05, 4.69) is 41.4 Å². The van der Waals surface area contributed by atoms with Gasteiger partial charge in [0.15, 0.2) is 6.29 Å². The summed E-state index contributed by atoms with van der Waals surface area (Å²) in [6.07, 6.45) is 5.01. The fourth-order valence-corrected chi connectivity index (χ4v) is 3.75. The van der Waals surface area contributed by atoms with Crippen LogP contribution >= 0.6 is 0 Å². The lowest BCUT2D eigenvalue weighted by molar-refractivity contribution is -0.226. The molecule has 1 aliphatic heterocycles. The molecule has 2 aliphatic rings. The van der Waals surface area contributed by atoms with Gasteiger partial charge in [0.1, 0.15) is 0 Å². The van der Waals surface area contributed by atoms with E-state index in [1.807, 2.05) is 0 Å². The summed E-state index contributed by atoms with van der Waals surface area (Å²) in [5.74, 6) is 1.82. The zero-order valence-electron chi connectivity index (χ0n) is 12.9. The summed E-state index contributed by atoms with van der Waals surface area (Å²) in [6.45, 7) is 3.83. The van der Waals surface area contributed by atoms with Crippen LogP contribution in [-0.4, -0.2) is 29.7 Å². The highest BCUT2D eigenvalue weighted by molar-refractivity contribution is 6.08. The summed E-state index contributed by atoms with van der Waals surface area (Å²) in [5, 5.41) is 0. The number of rotatable bonds is 3. The van der Waals surface area contributed by atoms with Crippen molar-refractivity contribution in [1.82, 2.24) is 0 Å². The summed E-state index contributed by atoms with van der Waals surface area (Å²) < 4.78 is 11.8. The van der Waals surface area contributed by atoms with Crippen molar-refractivity contribution < 1.29 is 9.47 Å². The third kappa shape index (κ3) is 3.76.